The lowest BCUT2D eigenvalue weighted by Gasteiger charge is -2.25. The zero-order valence-electron chi connectivity index (χ0n) is 21.4. The minimum Gasteiger partial charge on any atom is -0.390 e. The van der Waals surface area contributed by atoms with Gasteiger partial charge in [-0.2, -0.15) is 0 Å². The zero-order chi connectivity index (χ0) is 26.2. The van der Waals surface area contributed by atoms with Crippen LogP contribution in [0.5, 0.6) is 0 Å². The fraction of sp³-hybridized carbons (Fsp3) is 0.387. The van der Waals surface area contributed by atoms with Gasteiger partial charge in [0.1, 0.15) is 11.6 Å². The first-order valence-corrected chi connectivity index (χ1v) is 13.2. The molecule has 0 bridgehead atoms. The van der Waals surface area contributed by atoms with Crippen LogP contribution in [0.1, 0.15) is 71.1 Å². The largest absolute Gasteiger partial charge is 0.390 e. The van der Waals surface area contributed by atoms with Gasteiger partial charge in [-0.15, -0.1) is 0 Å². The Morgan fingerprint density at radius 3 is 2.38 bits per heavy atom. The van der Waals surface area contributed by atoms with E-state index >= 15 is 0 Å². The number of halogens is 2. The SMILES string of the molecule is CCc1cccc(CNC[C@@H](O)[C@H](Cc2cc(F)cc(F)c2)NC(=O)c2cccc(C3CCCC3)c2)c1. The number of benzene rings is 3. The maximum absolute atomic E-state index is 13.8. The highest BCUT2D eigenvalue weighted by atomic mass is 19.1. The van der Waals surface area contributed by atoms with Crippen molar-refractivity contribution < 1.29 is 18.7 Å². The highest BCUT2D eigenvalue weighted by Gasteiger charge is 2.24. The van der Waals surface area contributed by atoms with E-state index in [0.29, 0.717) is 23.6 Å². The molecule has 0 radical (unpaired) electrons. The molecule has 0 aliphatic heterocycles. The van der Waals surface area contributed by atoms with Gasteiger partial charge in [0.25, 0.3) is 5.91 Å². The van der Waals surface area contributed by atoms with Gasteiger partial charge in [0.15, 0.2) is 0 Å². The van der Waals surface area contributed by atoms with Crippen molar-refractivity contribution in [2.45, 2.75) is 70.1 Å². The van der Waals surface area contributed by atoms with Crippen molar-refractivity contribution in [1.82, 2.24) is 10.6 Å². The summed E-state index contributed by atoms with van der Waals surface area (Å²) in [6, 6.07) is 18.4. The van der Waals surface area contributed by atoms with E-state index in [1.165, 1.54) is 30.5 Å². The van der Waals surface area contributed by atoms with Gasteiger partial charge >= 0.3 is 0 Å². The number of carbonyl (C=O) groups excluding carboxylic acids is 1. The van der Waals surface area contributed by atoms with E-state index in [9.17, 15) is 18.7 Å². The summed E-state index contributed by atoms with van der Waals surface area (Å²) >= 11 is 0. The smallest absolute Gasteiger partial charge is 0.251 e. The molecule has 0 unspecified atom stereocenters. The molecule has 3 N–H and O–H groups in total. The number of hydrogen-bond acceptors (Lipinski definition) is 3. The third kappa shape index (κ3) is 7.70. The molecule has 4 rings (SSSR count). The van der Waals surface area contributed by atoms with Crippen LogP contribution in [-0.2, 0) is 19.4 Å². The van der Waals surface area contributed by atoms with E-state index in [1.54, 1.807) is 6.07 Å². The third-order valence-electron chi connectivity index (χ3n) is 7.22. The van der Waals surface area contributed by atoms with Gasteiger partial charge in [0.05, 0.1) is 12.1 Å². The van der Waals surface area contributed by atoms with E-state index in [4.69, 9.17) is 0 Å². The van der Waals surface area contributed by atoms with E-state index in [2.05, 4.69) is 35.8 Å². The highest BCUT2D eigenvalue weighted by molar-refractivity contribution is 5.94. The second-order valence-electron chi connectivity index (χ2n) is 10.0. The van der Waals surface area contributed by atoms with Crippen LogP contribution in [0.3, 0.4) is 0 Å². The summed E-state index contributed by atoms with van der Waals surface area (Å²) in [6.45, 7) is 2.87. The number of nitrogens with one attached hydrogen (secondary N) is 2. The lowest BCUT2D eigenvalue weighted by Crippen LogP contribution is -2.48. The third-order valence-corrected chi connectivity index (χ3v) is 7.22. The summed E-state index contributed by atoms with van der Waals surface area (Å²) in [4.78, 5) is 13.2. The molecule has 0 heterocycles. The first-order chi connectivity index (χ1) is 17.9. The molecular formula is C31H36F2N2O2. The molecule has 3 aromatic rings. The Hall–Kier alpha value is -3.09. The van der Waals surface area contributed by atoms with Crippen molar-refractivity contribution in [2.75, 3.05) is 6.54 Å². The van der Waals surface area contributed by atoms with Gasteiger partial charge in [0.2, 0.25) is 0 Å². The maximum Gasteiger partial charge on any atom is 0.251 e. The fourth-order valence-corrected chi connectivity index (χ4v) is 5.18. The number of aliphatic hydroxyl groups is 1. The van der Waals surface area contributed by atoms with Crippen LogP contribution in [0.15, 0.2) is 66.7 Å². The Balaban J connectivity index is 1.46. The molecular weight excluding hydrogens is 470 g/mol. The quantitative estimate of drug-likeness (QED) is 0.314. The molecule has 1 saturated carbocycles. The molecule has 0 aromatic heterocycles. The van der Waals surface area contributed by atoms with Crippen LogP contribution in [0.25, 0.3) is 0 Å². The Kier molecular flexibility index (Phi) is 9.42. The van der Waals surface area contributed by atoms with Gasteiger partial charge in [-0.1, -0.05) is 56.2 Å². The number of amides is 1. The molecule has 1 amide bonds. The molecule has 2 atom stereocenters. The summed E-state index contributed by atoms with van der Waals surface area (Å²) in [5.74, 6) is -1.21. The van der Waals surface area contributed by atoms with Gasteiger partial charge in [-0.3, -0.25) is 4.79 Å². The average Bonchev–Trinajstić information content (AvgIpc) is 3.43. The summed E-state index contributed by atoms with van der Waals surface area (Å²) in [6.07, 6.45) is 4.73. The van der Waals surface area contributed by atoms with Gasteiger partial charge in [-0.25, -0.2) is 8.78 Å². The number of hydrogen-bond donors (Lipinski definition) is 3. The standard InChI is InChI=1S/C31H36F2N2O2/c1-2-21-7-5-8-22(13-21)19-34-20-30(36)29(16-23-14-27(32)18-28(33)15-23)35-31(37)26-12-6-11-25(17-26)24-9-3-4-10-24/h5-8,11-15,17-18,24,29-30,34,36H,2-4,9-10,16,19-20H2,1H3,(H,35,37)/t29-,30+/m0/s1. The second kappa shape index (κ2) is 12.9. The molecule has 0 spiro atoms. The average molecular weight is 507 g/mol. The van der Waals surface area contributed by atoms with Crippen LogP contribution in [0.4, 0.5) is 8.78 Å². The predicted molar refractivity (Wildman–Crippen MR) is 143 cm³/mol. The Labute approximate surface area is 218 Å². The first kappa shape index (κ1) is 27.0. The van der Waals surface area contributed by atoms with Crippen molar-refractivity contribution in [3.63, 3.8) is 0 Å². The van der Waals surface area contributed by atoms with Crippen molar-refractivity contribution in [1.29, 1.82) is 0 Å². The molecule has 0 saturated heterocycles. The van der Waals surface area contributed by atoms with Crippen LogP contribution < -0.4 is 10.6 Å². The van der Waals surface area contributed by atoms with Gasteiger partial charge < -0.3 is 15.7 Å². The predicted octanol–water partition coefficient (Wildman–Crippen LogP) is 5.68. The van der Waals surface area contributed by atoms with Crippen molar-refractivity contribution in [2.24, 2.45) is 0 Å². The topological polar surface area (TPSA) is 61.4 Å². The number of carbonyl (C=O) groups is 1. The lowest BCUT2D eigenvalue weighted by atomic mass is 9.95. The van der Waals surface area contributed by atoms with E-state index in [-0.39, 0.29) is 18.9 Å². The van der Waals surface area contributed by atoms with E-state index in [0.717, 1.165) is 36.5 Å². The summed E-state index contributed by atoms with van der Waals surface area (Å²) in [5, 5.41) is 17.2. The number of aryl methyl sites for hydroxylation is 1. The van der Waals surface area contributed by atoms with E-state index in [1.807, 2.05) is 24.3 Å². The molecule has 37 heavy (non-hydrogen) atoms. The van der Waals surface area contributed by atoms with Crippen molar-refractivity contribution in [3.05, 3.63) is 106 Å². The Bertz CT molecular complexity index is 1170. The fourth-order valence-electron chi connectivity index (χ4n) is 5.18. The minimum atomic E-state index is -0.970. The molecule has 1 aliphatic rings. The number of aliphatic hydroxyl groups excluding tert-OH is 1. The molecule has 1 aliphatic carbocycles. The normalized spacial score (nSPS) is 15.5. The summed E-state index contributed by atoms with van der Waals surface area (Å²) in [5.41, 5.74) is 4.39. The van der Waals surface area contributed by atoms with Crippen LogP contribution in [0, 0.1) is 11.6 Å². The first-order valence-electron chi connectivity index (χ1n) is 13.2. The molecule has 4 nitrogen and oxygen atoms in total. The van der Waals surface area contributed by atoms with Crippen LogP contribution >= 0.6 is 0 Å². The Morgan fingerprint density at radius 2 is 1.65 bits per heavy atom. The second-order valence-corrected chi connectivity index (χ2v) is 10.0. The summed E-state index contributed by atoms with van der Waals surface area (Å²) in [7, 11) is 0. The number of rotatable bonds is 11. The monoisotopic (exact) mass is 506 g/mol. The molecule has 3 aromatic carbocycles. The maximum atomic E-state index is 13.8. The van der Waals surface area contributed by atoms with Crippen LogP contribution in [-0.4, -0.2) is 29.7 Å². The molecule has 196 valence electrons. The Morgan fingerprint density at radius 1 is 0.946 bits per heavy atom. The van der Waals surface area contributed by atoms with Gasteiger partial charge in [0, 0.05) is 24.7 Å². The summed E-state index contributed by atoms with van der Waals surface area (Å²) < 4.78 is 27.7. The van der Waals surface area contributed by atoms with Crippen molar-refractivity contribution in [3.8, 4) is 0 Å². The minimum absolute atomic E-state index is 0.0941. The van der Waals surface area contributed by atoms with E-state index < -0.39 is 23.8 Å². The van der Waals surface area contributed by atoms with Crippen LogP contribution in [0.2, 0.25) is 0 Å². The van der Waals surface area contributed by atoms with Crippen molar-refractivity contribution >= 4 is 5.91 Å². The highest BCUT2D eigenvalue weighted by Crippen LogP contribution is 2.34. The molecule has 6 heteroatoms. The zero-order valence-corrected chi connectivity index (χ0v) is 21.4. The van der Waals surface area contributed by atoms with Gasteiger partial charge in [-0.05, 0) is 78.1 Å². The lowest BCUT2D eigenvalue weighted by molar-refractivity contribution is 0.0829. The molecule has 1 fully saturated rings.